The van der Waals surface area contributed by atoms with Gasteiger partial charge in [-0.1, -0.05) is 0 Å². The van der Waals surface area contributed by atoms with Crippen molar-refractivity contribution in [1.82, 2.24) is 10.6 Å². The number of morpholine rings is 1. The normalized spacial score (nSPS) is 21.2. The lowest BCUT2D eigenvalue weighted by Crippen LogP contribution is -2.44. The minimum absolute atomic E-state index is 0.312. The lowest BCUT2D eigenvalue weighted by Gasteiger charge is -2.23. The van der Waals surface area contributed by atoms with Gasteiger partial charge in [0, 0.05) is 32.6 Å². The van der Waals surface area contributed by atoms with Crippen LogP contribution in [-0.2, 0) is 11.2 Å². The highest BCUT2D eigenvalue weighted by Gasteiger charge is 2.12. The van der Waals surface area contributed by atoms with Crippen molar-refractivity contribution < 1.29 is 9.15 Å². The summed E-state index contributed by atoms with van der Waals surface area (Å²) in [7, 11) is 0. The van der Waals surface area contributed by atoms with Crippen LogP contribution >= 0.6 is 0 Å². The SMILES string of the molecule is Cc1ccc(CCNCC2CNCCO2)o1. The maximum atomic E-state index is 5.59. The Morgan fingerprint density at radius 2 is 2.44 bits per heavy atom. The van der Waals surface area contributed by atoms with Crippen molar-refractivity contribution in [2.24, 2.45) is 0 Å². The van der Waals surface area contributed by atoms with Crippen molar-refractivity contribution in [1.29, 1.82) is 0 Å². The third-order valence-corrected chi connectivity index (χ3v) is 2.72. The first-order chi connectivity index (χ1) is 7.84. The molecule has 1 unspecified atom stereocenters. The fraction of sp³-hybridized carbons (Fsp3) is 0.667. The van der Waals surface area contributed by atoms with E-state index in [1.54, 1.807) is 0 Å². The predicted octanol–water partition coefficient (Wildman–Crippen LogP) is 0.709. The van der Waals surface area contributed by atoms with E-state index in [1.807, 2.05) is 19.1 Å². The standard InChI is InChI=1S/C12H20N2O2/c1-10-2-3-11(16-10)4-5-13-8-12-9-14-6-7-15-12/h2-3,12-14H,4-9H2,1H3. The largest absolute Gasteiger partial charge is 0.466 e. The van der Waals surface area contributed by atoms with E-state index in [9.17, 15) is 0 Å². The van der Waals surface area contributed by atoms with Crippen LogP contribution in [0.5, 0.6) is 0 Å². The molecule has 0 radical (unpaired) electrons. The van der Waals surface area contributed by atoms with Gasteiger partial charge in [-0.2, -0.15) is 0 Å². The molecule has 0 aromatic carbocycles. The van der Waals surface area contributed by atoms with Gasteiger partial charge in [0.15, 0.2) is 0 Å². The van der Waals surface area contributed by atoms with Gasteiger partial charge in [0.2, 0.25) is 0 Å². The van der Waals surface area contributed by atoms with Crippen molar-refractivity contribution >= 4 is 0 Å². The van der Waals surface area contributed by atoms with Crippen molar-refractivity contribution in [2.45, 2.75) is 19.4 Å². The highest BCUT2D eigenvalue weighted by molar-refractivity contribution is 5.05. The van der Waals surface area contributed by atoms with Gasteiger partial charge in [0.25, 0.3) is 0 Å². The van der Waals surface area contributed by atoms with Gasteiger partial charge >= 0.3 is 0 Å². The number of hydrogen-bond acceptors (Lipinski definition) is 4. The maximum absolute atomic E-state index is 5.59. The number of furan rings is 1. The van der Waals surface area contributed by atoms with E-state index in [-0.39, 0.29) is 0 Å². The molecule has 4 nitrogen and oxygen atoms in total. The molecule has 1 aromatic rings. The summed E-state index contributed by atoms with van der Waals surface area (Å²) in [6.07, 6.45) is 1.25. The molecule has 1 aliphatic heterocycles. The average Bonchev–Trinajstić information content (AvgIpc) is 2.72. The summed E-state index contributed by atoms with van der Waals surface area (Å²) in [5.74, 6) is 2.03. The fourth-order valence-electron chi connectivity index (χ4n) is 1.84. The lowest BCUT2D eigenvalue weighted by atomic mass is 10.3. The first-order valence-electron chi connectivity index (χ1n) is 5.93. The smallest absolute Gasteiger partial charge is 0.105 e. The molecule has 0 amide bonds. The number of hydrogen-bond donors (Lipinski definition) is 2. The number of ether oxygens (including phenoxy) is 1. The summed E-state index contributed by atoms with van der Waals surface area (Å²) in [6.45, 7) is 6.57. The minimum atomic E-state index is 0.312. The van der Waals surface area contributed by atoms with E-state index in [4.69, 9.17) is 9.15 Å². The molecule has 1 fully saturated rings. The Morgan fingerprint density at radius 3 is 3.12 bits per heavy atom. The molecular weight excluding hydrogens is 204 g/mol. The van der Waals surface area contributed by atoms with Crippen LogP contribution in [0.2, 0.25) is 0 Å². The highest BCUT2D eigenvalue weighted by atomic mass is 16.5. The van der Waals surface area contributed by atoms with Crippen LogP contribution in [0.4, 0.5) is 0 Å². The molecule has 2 N–H and O–H groups in total. The summed E-state index contributed by atoms with van der Waals surface area (Å²) in [6, 6.07) is 4.04. The van der Waals surface area contributed by atoms with Crippen LogP contribution in [0.3, 0.4) is 0 Å². The zero-order chi connectivity index (χ0) is 11.2. The first-order valence-corrected chi connectivity index (χ1v) is 5.93. The Hall–Kier alpha value is -0.840. The maximum Gasteiger partial charge on any atom is 0.105 e. The van der Waals surface area contributed by atoms with Gasteiger partial charge in [-0.3, -0.25) is 0 Å². The minimum Gasteiger partial charge on any atom is -0.466 e. The molecule has 90 valence electrons. The van der Waals surface area contributed by atoms with E-state index in [1.165, 1.54) is 0 Å². The molecule has 0 bridgehead atoms. The Bertz CT molecular complexity index is 306. The lowest BCUT2D eigenvalue weighted by molar-refractivity contribution is 0.0293. The van der Waals surface area contributed by atoms with Gasteiger partial charge in [-0.15, -0.1) is 0 Å². The quantitative estimate of drug-likeness (QED) is 0.723. The van der Waals surface area contributed by atoms with Crippen molar-refractivity contribution in [3.63, 3.8) is 0 Å². The van der Waals surface area contributed by atoms with Crippen LogP contribution in [0.15, 0.2) is 16.5 Å². The van der Waals surface area contributed by atoms with Gasteiger partial charge in [-0.05, 0) is 19.1 Å². The monoisotopic (exact) mass is 224 g/mol. The zero-order valence-corrected chi connectivity index (χ0v) is 9.79. The Morgan fingerprint density at radius 1 is 1.50 bits per heavy atom. The third-order valence-electron chi connectivity index (χ3n) is 2.72. The fourth-order valence-corrected chi connectivity index (χ4v) is 1.84. The topological polar surface area (TPSA) is 46.4 Å². The Labute approximate surface area is 96.4 Å². The molecule has 2 heterocycles. The highest BCUT2D eigenvalue weighted by Crippen LogP contribution is 2.06. The van der Waals surface area contributed by atoms with Crippen LogP contribution in [0.1, 0.15) is 11.5 Å². The second kappa shape index (κ2) is 6.03. The van der Waals surface area contributed by atoms with Gasteiger partial charge in [-0.25, -0.2) is 0 Å². The molecule has 2 rings (SSSR count). The summed E-state index contributed by atoms with van der Waals surface area (Å²) in [5, 5.41) is 6.70. The molecule has 0 saturated carbocycles. The zero-order valence-electron chi connectivity index (χ0n) is 9.79. The van der Waals surface area contributed by atoms with Gasteiger partial charge in [0.05, 0.1) is 12.7 Å². The number of aryl methyl sites for hydroxylation is 1. The first kappa shape index (κ1) is 11.6. The number of nitrogens with one attached hydrogen (secondary N) is 2. The van der Waals surface area contributed by atoms with Crippen LogP contribution < -0.4 is 10.6 Å². The molecule has 1 aromatic heterocycles. The average molecular weight is 224 g/mol. The van der Waals surface area contributed by atoms with E-state index < -0.39 is 0 Å². The van der Waals surface area contributed by atoms with E-state index in [2.05, 4.69) is 10.6 Å². The van der Waals surface area contributed by atoms with Gasteiger partial charge in [0.1, 0.15) is 11.5 Å². The molecule has 1 saturated heterocycles. The summed E-state index contributed by atoms with van der Waals surface area (Å²) >= 11 is 0. The molecule has 4 heteroatoms. The van der Waals surface area contributed by atoms with Gasteiger partial charge < -0.3 is 19.8 Å². The second-order valence-corrected chi connectivity index (χ2v) is 4.16. The Balaban J connectivity index is 1.57. The predicted molar refractivity (Wildman–Crippen MR) is 62.6 cm³/mol. The Kier molecular flexibility index (Phi) is 4.39. The third kappa shape index (κ3) is 3.63. The van der Waals surface area contributed by atoms with E-state index in [0.717, 1.165) is 50.7 Å². The molecular formula is C12H20N2O2. The second-order valence-electron chi connectivity index (χ2n) is 4.16. The van der Waals surface area contributed by atoms with Crippen LogP contribution in [-0.4, -0.2) is 38.9 Å². The van der Waals surface area contributed by atoms with E-state index in [0.29, 0.717) is 6.10 Å². The number of rotatable bonds is 5. The van der Waals surface area contributed by atoms with E-state index >= 15 is 0 Å². The van der Waals surface area contributed by atoms with Crippen LogP contribution in [0.25, 0.3) is 0 Å². The van der Waals surface area contributed by atoms with Crippen molar-refractivity contribution in [2.75, 3.05) is 32.8 Å². The molecule has 0 aliphatic carbocycles. The van der Waals surface area contributed by atoms with Crippen LogP contribution in [0, 0.1) is 6.92 Å². The molecule has 0 spiro atoms. The summed E-state index contributed by atoms with van der Waals surface area (Å²) in [5.41, 5.74) is 0. The summed E-state index contributed by atoms with van der Waals surface area (Å²) in [4.78, 5) is 0. The van der Waals surface area contributed by atoms with Crippen molar-refractivity contribution in [3.8, 4) is 0 Å². The van der Waals surface area contributed by atoms with Crippen molar-refractivity contribution in [3.05, 3.63) is 23.7 Å². The molecule has 1 aliphatic rings. The molecule has 16 heavy (non-hydrogen) atoms. The molecule has 1 atom stereocenters. The summed E-state index contributed by atoms with van der Waals surface area (Å²) < 4.78 is 11.1.